The van der Waals surface area contributed by atoms with Gasteiger partial charge in [0.05, 0.1) is 11.7 Å². The molecule has 0 aromatic carbocycles. The third-order valence-electron chi connectivity index (χ3n) is 3.26. The molecular weight excluding hydrogens is 264 g/mol. The molecular formula is C12H18N4O2S. The van der Waals surface area contributed by atoms with Gasteiger partial charge in [-0.2, -0.15) is 0 Å². The van der Waals surface area contributed by atoms with Crippen LogP contribution in [-0.2, 0) is 10.0 Å². The van der Waals surface area contributed by atoms with E-state index in [1.54, 1.807) is 12.3 Å². The number of nitrogens with zero attached hydrogens (tertiary/aromatic N) is 3. The number of anilines is 1. The smallest absolute Gasteiger partial charge is 0.269 e. The highest BCUT2D eigenvalue weighted by Gasteiger charge is 2.32. The molecule has 0 saturated heterocycles. The van der Waals surface area contributed by atoms with E-state index in [-0.39, 0.29) is 10.9 Å². The summed E-state index contributed by atoms with van der Waals surface area (Å²) in [5.74, 6) is 0.684. The van der Waals surface area contributed by atoms with Gasteiger partial charge in [-0.05, 0) is 18.9 Å². The van der Waals surface area contributed by atoms with E-state index in [1.807, 2.05) is 20.8 Å². The second-order valence-electron chi connectivity index (χ2n) is 4.91. The first-order valence-electron chi connectivity index (χ1n) is 6.12. The van der Waals surface area contributed by atoms with E-state index in [2.05, 4.69) is 15.3 Å². The Hall–Kier alpha value is -1.63. The molecule has 1 aromatic heterocycles. The minimum atomic E-state index is -3.56. The Morgan fingerprint density at radius 2 is 2.05 bits per heavy atom. The number of rotatable bonds is 2. The monoisotopic (exact) mass is 282 g/mol. The summed E-state index contributed by atoms with van der Waals surface area (Å²) in [6.45, 7) is 6.05. The van der Waals surface area contributed by atoms with Gasteiger partial charge in [0.25, 0.3) is 10.0 Å². The molecule has 0 spiro atoms. The summed E-state index contributed by atoms with van der Waals surface area (Å²) in [6, 6.07) is 1.67. The first-order chi connectivity index (χ1) is 8.84. The number of pyridine rings is 1. The number of fused-ring (bicyclic) bond motifs is 1. The molecule has 1 unspecified atom stereocenters. The van der Waals surface area contributed by atoms with Crippen LogP contribution in [0.4, 0.5) is 5.69 Å². The SMILES string of the molecule is CC(C)C(C)N=C1Nc2ccncc2S(=O)(=O)N1C. The summed E-state index contributed by atoms with van der Waals surface area (Å²) < 4.78 is 25.8. The first-order valence-corrected chi connectivity index (χ1v) is 7.56. The lowest BCUT2D eigenvalue weighted by Crippen LogP contribution is -2.43. The average Bonchev–Trinajstić information content (AvgIpc) is 2.36. The molecule has 19 heavy (non-hydrogen) atoms. The predicted molar refractivity (Wildman–Crippen MR) is 74.5 cm³/mol. The van der Waals surface area contributed by atoms with Gasteiger partial charge >= 0.3 is 0 Å². The van der Waals surface area contributed by atoms with Crippen molar-refractivity contribution in [2.75, 3.05) is 12.4 Å². The van der Waals surface area contributed by atoms with Gasteiger partial charge < -0.3 is 5.32 Å². The van der Waals surface area contributed by atoms with E-state index >= 15 is 0 Å². The van der Waals surface area contributed by atoms with Crippen molar-refractivity contribution in [3.05, 3.63) is 18.5 Å². The van der Waals surface area contributed by atoms with Crippen molar-refractivity contribution in [2.24, 2.45) is 10.9 Å². The number of hydrogen-bond donors (Lipinski definition) is 1. The number of aromatic nitrogens is 1. The summed E-state index contributed by atoms with van der Waals surface area (Å²) in [5, 5.41) is 3.04. The summed E-state index contributed by atoms with van der Waals surface area (Å²) in [7, 11) is -2.07. The molecule has 1 N–H and O–H groups in total. The highest BCUT2D eigenvalue weighted by molar-refractivity contribution is 7.90. The van der Waals surface area contributed by atoms with Gasteiger partial charge in [-0.25, -0.2) is 17.7 Å². The number of hydrogen-bond acceptors (Lipinski definition) is 4. The van der Waals surface area contributed by atoms with E-state index < -0.39 is 10.0 Å². The van der Waals surface area contributed by atoms with Crippen LogP contribution < -0.4 is 5.32 Å². The molecule has 2 rings (SSSR count). The van der Waals surface area contributed by atoms with Crippen molar-refractivity contribution < 1.29 is 8.42 Å². The number of sulfonamides is 1. The molecule has 0 amide bonds. The zero-order valence-corrected chi connectivity index (χ0v) is 12.3. The molecule has 0 aliphatic carbocycles. The minimum absolute atomic E-state index is 0.0311. The number of aliphatic imine (C=N–C) groups is 1. The molecule has 0 fully saturated rings. The van der Waals surface area contributed by atoms with Crippen molar-refractivity contribution in [3.63, 3.8) is 0 Å². The Kier molecular flexibility index (Phi) is 3.49. The van der Waals surface area contributed by atoms with Gasteiger partial charge in [-0.3, -0.25) is 4.98 Å². The Bertz CT molecular complexity index is 610. The fraction of sp³-hybridized carbons (Fsp3) is 0.500. The zero-order chi connectivity index (χ0) is 14.2. The topological polar surface area (TPSA) is 74.7 Å². The maximum Gasteiger partial charge on any atom is 0.269 e. The molecule has 0 radical (unpaired) electrons. The lowest BCUT2D eigenvalue weighted by molar-refractivity contribution is 0.517. The van der Waals surface area contributed by atoms with Gasteiger partial charge in [-0.1, -0.05) is 13.8 Å². The maximum atomic E-state index is 12.3. The highest BCUT2D eigenvalue weighted by Crippen LogP contribution is 2.28. The Morgan fingerprint density at radius 1 is 1.37 bits per heavy atom. The van der Waals surface area contributed by atoms with Crippen molar-refractivity contribution in [1.82, 2.24) is 9.29 Å². The fourth-order valence-corrected chi connectivity index (χ4v) is 2.81. The van der Waals surface area contributed by atoms with Crippen LogP contribution in [0.1, 0.15) is 20.8 Å². The van der Waals surface area contributed by atoms with E-state index in [1.165, 1.54) is 13.2 Å². The Labute approximate surface area is 113 Å². The van der Waals surface area contributed by atoms with Crippen molar-refractivity contribution in [2.45, 2.75) is 31.7 Å². The van der Waals surface area contributed by atoms with Crippen LogP contribution in [0.5, 0.6) is 0 Å². The van der Waals surface area contributed by atoms with Gasteiger partial charge in [0.1, 0.15) is 4.90 Å². The van der Waals surface area contributed by atoms with Crippen LogP contribution in [0.25, 0.3) is 0 Å². The quantitative estimate of drug-likeness (QED) is 0.892. The second kappa shape index (κ2) is 4.80. The van der Waals surface area contributed by atoms with Crippen LogP contribution >= 0.6 is 0 Å². The molecule has 6 nitrogen and oxygen atoms in total. The summed E-state index contributed by atoms with van der Waals surface area (Å²) in [4.78, 5) is 8.47. The van der Waals surface area contributed by atoms with Crippen LogP contribution in [0.2, 0.25) is 0 Å². The van der Waals surface area contributed by atoms with Crippen molar-refractivity contribution in [1.29, 1.82) is 0 Å². The lowest BCUT2D eigenvalue weighted by Gasteiger charge is -2.29. The third-order valence-corrected chi connectivity index (χ3v) is 5.03. The van der Waals surface area contributed by atoms with Gasteiger partial charge in [-0.15, -0.1) is 0 Å². The predicted octanol–water partition coefficient (Wildman–Crippen LogP) is 1.53. The van der Waals surface area contributed by atoms with Crippen LogP contribution in [-0.4, -0.2) is 36.8 Å². The molecule has 2 heterocycles. The van der Waals surface area contributed by atoms with E-state index in [0.717, 1.165) is 4.31 Å². The fourth-order valence-electron chi connectivity index (χ4n) is 1.60. The Morgan fingerprint density at radius 3 is 2.68 bits per heavy atom. The molecule has 104 valence electrons. The summed E-state index contributed by atoms with van der Waals surface area (Å²) in [6.07, 6.45) is 2.90. The number of nitrogens with one attached hydrogen (secondary N) is 1. The van der Waals surface area contributed by atoms with E-state index in [9.17, 15) is 8.42 Å². The largest absolute Gasteiger partial charge is 0.324 e. The van der Waals surface area contributed by atoms with E-state index in [4.69, 9.17) is 0 Å². The molecule has 1 atom stereocenters. The first kappa shape index (κ1) is 13.8. The summed E-state index contributed by atoms with van der Waals surface area (Å²) >= 11 is 0. The van der Waals surface area contributed by atoms with Crippen LogP contribution in [0, 0.1) is 5.92 Å². The summed E-state index contributed by atoms with van der Waals surface area (Å²) in [5.41, 5.74) is 0.516. The van der Waals surface area contributed by atoms with Crippen LogP contribution in [0.3, 0.4) is 0 Å². The van der Waals surface area contributed by atoms with Crippen LogP contribution in [0.15, 0.2) is 28.3 Å². The second-order valence-corrected chi connectivity index (χ2v) is 6.84. The molecule has 7 heteroatoms. The normalized spacial score (nSPS) is 21.1. The molecule has 1 aliphatic rings. The molecule has 1 aromatic rings. The van der Waals surface area contributed by atoms with Crippen molar-refractivity contribution >= 4 is 21.7 Å². The zero-order valence-electron chi connectivity index (χ0n) is 11.5. The standard InChI is InChI=1S/C12H18N4O2S/c1-8(2)9(3)14-12-15-10-5-6-13-7-11(10)19(17,18)16(12)4/h5-9H,1-4H3,(H,14,15). The van der Waals surface area contributed by atoms with Gasteiger partial charge in [0, 0.05) is 19.4 Å². The molecule has 1 aliphatic heterocycles. The average molecular weight is 282 g/mol. The maximum absolute atomic E-state index is 12.3. The third kappa shape index (κ3) is 2.42. The molecule has 0 bridgehead atoms. The molecule has 0 saturated carbocycles. The van der Waals surface area contributed by atoms with E-state index in [0.29, 0.717) is 17.6 Å². The number of guanidine groups is 1. The Balaban J connectivity index is 2.49. The highest BCUT2D eigenvalue weighted by atomic mass is 32.2. The van der Waals surface area contributed by atoms with Crippen molar-refractivity contribution in [3.8, 4) is 0 Å². The lowest BCUT2D eigenvalue weighted by atomic mass is 10.1. The minimum Gasteiger partial charge on any atom is -0.324 e. The van der Waals surface area contributed by atoms with Gasteiger partial charge in [0.15, 0.2) is 0 Å². The van der Waals surface area contributed by atoms with Gasteiger partial charge in [0.2, 0.25) is 5.96 Å².